The van der Waals surface area contributed by atoms with Crippen LogP contribution in [0.4, 0.5) is 10.5 Å². The van der Waals surface area contributed by atoms with Crippen LogP contribution < -0.4 is 14.4 Å². The maximum absolute atomic E-state index is 13.4. The first kappa shape index (κ1) is 30.8. The van der Waals surface area contributed by atoms with E-state index in [0.29, 0.717) is 55.2 Å². The molecule has 0 bridgehead atoms. The van der Waals surface area contributed by atoms with E-state index in [1.165, 1.54) is 16.4 Å². The van der Waals surface area contributed by atoms with E-state index in [9.17, 15) is 23.1 Å². The molecule has 0 saturated carbocycles. The molecule has 46 heavy (non-hydrogen) atoms. The summed E-state index contributed by atoms with van der Waals surface area (Å²) in [5.41, 5.74) is 2.70. The molecule has 2 fully saturated rings. The number of hydrogen-bond acceptors (Lipinski definition) is 9. The van der Waals surface area contributed by atoms with Crippen molar-refractivity contribution in [2.75, 3.05) is 70.5 Å². The molecule has 0 spiro atoms. The normalized spacial score (nSPS) is 23.5. The molecule has 3 atom stereocenters. The number of carbonyl (C=O) groups excluding carboxylic acids is 2. The summed E-state index contributed by atoms with van der Waals surface area (Å²) in [6.07, 6.45) is -1.60. The quantitative estimate of drug-likeness (QED) is 0.485. The standard InChI is InChI=1S/C33H40N4O8S/c1-33(2,3)45-32(40)36-17-22-13-34(14-23(22)18-36)26-6-4-5-21(11-26)30(38)31(39)35-15-24-19-37(20-25(24)16-35)46(41,42)27-7-8-28-29(12-27)44-10-9-43-28/h4-8,11-12,22-23,30,38H,9-10,13-20H2,1-3H3. The van der Waals surface area contributed by atoms with Gasteiger partial charge in [0.2, 0.25) is 10.0 Å². The third-order valence-electron chi connectivity index (χ3n) is 9.38. The highest BCUT2D eigenvalue weighted by atomic mass is 32.2. The van der Waals surface area contributed by atoms with E-state index >= 15 is 0 Å². The predicted molar refractivity (Wildman–Crippen MR) is 168 cm³/mol. The van der Waals surface area contributed by atoms with E-state index < -0.39 is 27.6 Å². The number of aliphatic hydroxyl groups excluding tert-OH is 1. The minimum Gasteiger partial charge on any atom is -0.486 e. The highest BCUT2D eigenvalue weighted by molar-refractivity contribution is 7.89. The zero-order chi connectivity index (χ0) is 32.4. The molecule has 3 unspecified atom stereocenters. The summed E-state index contributed by atoms with van der Waals surface area (Å²) in [4.78, 5) is 31.8. The van der Waals surface area contributed by atoms with E-state index in [4.69, 9.17) is 14.2 Å². The second-order valence-electron chi connectivity index (χ2n) is 13.8. The summed E-state index contributed by atoms with van der Waals surface area (Å²) in [5, 5.41) is 11.1. The van der Waals surface area contributed by atoms with Gasteiger partial charge in [0.05, 0.1) is 4.90 Å². The minimum absolute atomic E-state index is 0.142. The van der Waals surface area contributed by atoms with Crippen molar-refractivity contribution in [2.24, 2.45) is 11.8 Å². The zero-order valence-corrected chi connectivity index (χ0v) is 27.2. The number of carbonyl (C=O) groups is 2. The van der Waals surface area contributed by atoms with Crippen LogP contribution in [-0.2, 0) is 19.6 Å². The number of ether oxygens (including phenoxy) is 3. The van der Waals surface area contributed by atoms with Crippen molar-refractivity contribution in [2.45, 2.75) is 37.4 Å². The molecule has 1 N–H and O–H groups in total. The van der Waals surface area contributed by atoms with Crippen molar-refractivity contribution in [3.63, 3.8) is 0 Å². The SMILES string of the molecule is CC(C)(C)OC(=O)N1CC2CN(c3cccc(C(O)C(=O)N4CC5=C(C4)CN(S(=O)(=O)c4ccc6c(c4)OCCO6)C5)c3)CC2C1. The van der Waals surface area contributed by atoms with Gasteiger partial charge in [0.15, 0.2) is 17.6 Å². The van der Waals surface area contributed by atoms with Crippen molar-refractivity contribution in [3.05, 3.63) is 59.2 Å². The predicted octanol–water partition coefficient (Wildman–Crippen LogP) is 2.64. The fraction of sp³-hybridized carbons (Fsp3) is 0.515. The number of amides is 2. The second kappa shape index (κ2) is 11.5. The first-order chi connectivity index (χ1) is 21.9. The Labute approximate surface area is 269 Å². The van der Waals surface area contributed by atoms with Crippen LogP contribution in [-0.4, -0.2) is 111 Å². The third kappa shape index (κ3) is 5.80. The Kier molecular flexibility index (Phi) is 7.68. The summed E-state index contributed by atoms with van der Waals surface area (Å²) >= 11 is 0. The summed E-state index contributed by atoms with van der Waals surface area (Å²) in [6.45, 7) is 10.2. The van der Waals surface area contributed by atoms with Crippen molar-refractivity contribution in [1.82, 2.24) is 14.1 Å². The van der Waals surface area contributed by atoms with E-state index in [-0.39, 0.29) is 37.2 Å². The Morgan fingerprint density at radius 1 is 0.870 bits per heavy atom. The number of rotatable bonds is 5. The molecule has 2 aromatic carbocycles. The molecule has 5 aliphatic heterocycles. The van der Waals surface area contributed by atoms with Gasteiger partial charge >= 0.3 is 6.09 Å². The lowest BCUT2D eigenvalue weighted by atomic mass is 10.0. The molecule has 5 aliphatic rings. The topological polar surface area (TPSA) is 129 Å². The van der Waals surface area contributed by atoms with Crippen LogP contribution in [0.25, 0.3) is 0 Å². The van der Waals surface area contributed by atoms with Crippen molar-refractivity contribution in [1.29, 1.82) is 0 Å². The number of anilines is 1. The molecule has 7 rings (SSSR count). The van der Waals surface area contributed by atoms with Gasteiger partial charge in [-0.05, 0) is 61.7 Å². The Hall–Kier alpha value is -3.81. The van der Waals surface area contributed by atoms with Crippen molar-refractivity contribution < 1.29 is 37.3 Å². The van der Waals surface area contributed by atoms with Crippen LogP contribution in [0.5, 0.6) is 11.5 Å². The summed E-state index contributed by atoms with van der Waals surface area (Å²) in [5.74, 6) is 1.20. The largest absolute Gasteiger partial charge is 0.486 e. The van der Waals surface area contributed by atoms with Gasteiger partial charge in [-0.25, -0.2) is 13.2 Å². The smallest absolute Gasteiger partial charge is 0.410 e. The molecule has 246 valence electrons. The maximum Gasteiger partial charge on any atom is 0.410 e. The van der Waals surface area contributed by atoms with Crippen molar-refractivity contribution >= 4 is 27.7 Å². The molecule has 2 aromatic rings. The first-order valence-corrected chi connectivity index (χ1v) is 17.2. The summed E-state index contributed by atoms with van der Waals surface area (Å²) in [6, 6.07) is 12.1. The van der Waals surface area contributed by atoms with Crippen LogP contribution in [0.2, 0.25) is 0 Å². The van der Waals surface area contributed by atoms with Gasteiger partial charge in [0, 0.05) is 75.9 Å². The molecule has 2 saturated heterocycles. The lowest BCUT2D eigenvalue weighted by molar-refractivity contribution is -0.139. The monoisotopic (exact) mass is 652 g/mol. The number of nitrogens with zero attached hydrogens (tertiary/aromatic N) is 4. The Morgan fingerprint density at radius 2 is 1.52 bits per heavy atom. The number of benzene rings is 2. The summed E-state index contributed by atoms with van der Waals surface area (Å²) in [7, 11) is -3.77. The number of likely N-dealkylation sites (tertiary alicyclic amines) is 1. The average molecular weight is 653 g/mol. The molecule has 0 radical (unpaired) electrons. The first-order valence-electron chi connectivity index (χ1n) is 15.7. The van der Waals surface area contributed by atoms with E-state index in [0.717, 1.165) is 29.9 Å². The van der Waals surface area contributed by atoms with E-state index in [1.54, 1.807) is 21.9 Å². The van der Waals surface area contributed by atoms with E-state index in [1.807, 2.05) is 39.0 Å². The van der Waals surface area contributed by atoms with E-state index in [2.05, 4.69) is 4.90 Å². The summed E-state index contributed by atoms with van der Waals surface area (Å²) < 4.78 is 44.9. The second-order valence-corrected chi connectivity index (χ2v) is 15.7. The number of sulfonamides is 1. The lowest BCUT2D eigenvalue weighted by Crippen LogP contribution is -2.38. The molecule has 12 nitrogen and oxygen atoms in total. The number of fused-ring (bicyclic) bond motifs is 2. The third-order valence-corrected chi connectivity index (χ3v) is 11.2. The minimum atomic E-state index is -3.77. The number of aliphatic hydroxyl groups is 1. The molecule has 0 aromatic heterocycles. The van der Waals surface area contributed by atoms with Gasteiger partial charge in [-0.1, -0.05) is 12.1 Å². The van der Waals surface area contributed by atoms with Gasteiger partial charge in [-0.3, -0.25) is 4.79 Å². The van der Waals surface area contributed by atoms with Crippen LogP contribution in [0, 0.1) is 11.8 Å². The van der Waals surface area contributed by atoms with Gasteiger partial charge in [0.25, 0.3) is 5.91 Å². The molecule has 0 aliphatic carbocycles. The molecule has 5 heterocycles. The zero-order valence-electron chi connectivity index (χ0n) is 26.3. The fourth-order valence-corrected chi connectivity index (χ4v) is 8.54. The molecule has 13 heteroatoms. The van der Waals surface area contributed by atoms with Crippen LogP contribution >= 0.6 is 0 Å². The van der Waals surface area contributed by atoms with Crippen LogP contribution in [0.3, 0.4) is 0 Å². The van der Waals surface area contributed by atoms with Crippen molar-refractivity contribution in [3.8, 4) is 11.5 Å². The molecular formula is C33H40N4O8S. The maximum atomic E-state index is 13.4. The highest BCUT2D eigenvalue weighted by Crippen LogP contribution is 2.38. The van der Waals surface area contributed by atoms with Crippen LogP contribution in [0.1, 0.15) is 32.4 Å². The molecular weight excluding hydrogens is 612 g/mol. The number of hydrogen-bond donors (Lipinski definition) is 1. The lowest BCUT2D eigenvalue weighted by Gasteiger charge is -2.27. The Morgan fingerprint density at radius 3 is 2.17 bits per heavy atom. The van der Waals surface area contributed by atoms with Crippen LogP contribution in [0.15, 0.2) is 58.5 Å². The highest BCUT2D eigenvalue weighted by Gasteiger charge is 2.43. The van der Waals surface area contributed by atoms with Gasteiger partial charge in [-0.2, -0.15) is 4.31 Å². The molecule has 2 amide bonds. The van der Waals surface area contributed by atoms with Gasteiger partial charge in [0.1, 0.15) is 18.8 Å². The van der Waals surface area contributed by atoms with Gasteiger partial charge < -0.3 is 34.0 Å². The fourth-order valence-electron chi connectivity index (χ4n) is 7.09. The Bertz CT molecular complexity index is 1670. The van der Waals surface area contributed by atoms with Gasteiger partial charge in [-0.15, -0.1) is 0 Å². The average Bonchev–Trinajstić information content (AvgIpc) is 3.79. The Balaban J connectivity index is 0.944.